The second-order valence-electron chi connectivity index (χ2n) is 5.42. The van der Waals surface area contributed by atoms with E-state index in [1.54, 1.807) is 6.33 Å². The van der Waals surface area contributed by atoms with E-state index in [1.807, 2.05) is 19.1 Å². The maximum atomic E-state index is 6.12. The van der Waals surface area contributed by atoms with Crippen LogP contribution in [-0.4, -0.2) is 36.1 Å². The average molecular weight is 303 g/mol. The number of aryl methyl sites for hydroxylation is 2. The topological polar surface area (TPSA) is 32.3 Å². The maximum absolute atomic E-state index is 6.12. The van der Waals surface area contributed by atoms with Gasteiger partial charge in [0.15, 0.2) is 0 Å². The van der Waals surface area contributed by atoms with Crippen molar-refractivity contribution in [3.63, 3.8) is 0 Å². The Morgan fingerprint density at radius 2 is 1.67 bits per heavy atom. The normalized spacial score (nSPS) is 15.4. The maximum Gasteiger partial charge on any atom is 0.132 e. The van der Waals surface area contributed by atoms with Crippen molar-refractivity contribution in [2.75, 3.05) is 36.0 Å². The fourth-order valence-corrected chi connectivity index (χ4v) is 2.88. The summed E-state index contributed by atoms with van der Waals surface area (Å²) in [6, 6.07) is 8.12. The van der Waals surface area contributed by atoms with Gasteiger partial charge in [-0.25, -0.2) is 9.97 Å². The minimum Gasteiger partial charge on any atom is -0.368 e. The van der Waals surface area contributed by atoms with Gasteiger partial charge in [-0.1, -0.05) is 17.7 Å². The van der Waals surface area contributed by atoms with Crippen molar-refractivity contribution in [2.45, 2.75) is 13.8 Å². The van der Waals surface area contributed by atoms with Crippen molar-refractivity contribution in [2.24, 2.45) is 0 Å². The molecule has 0 N–H and O–H groups in total. The molecule has 1 aliphatic rings. The van der Waals surface area contributed by atoms with Crippen molar-refractivity contribution in [3.8, 4) is 0 Å². The lowest BCUT2D eigenvalue weighted by Crippen LogP contribution is -2.47. The van der Waals surface area contributed by atoms with Crippen molar-refractivity contribution >= 4 is 23.1 Å². The molecular weight excluding hydrogens is 284 g/mol. The van der Waals surface area contributed by atoms with Crippen LogP contribution in [0.5, 0.6) is 0 Å². The van der Waals surface area contributed by atoms with Crippen LogP contribution in [0.1, 0.15) is 11.3 Å². The molecule has 0 amide bonds. The van der Waals surface area contributed by atoms with Gasteiger partial charge in [0.25, 0.3) is 0 Å². The molecular formula is C16H19ClN4. The molecule has 0 radical (unpaired) electrons. The molecule has 2 aromatic rings. The van der Waals surface area contributed by atoms with E-state index >= 15 is 0 Å². The summed E-state index contributed by atoms with van der Waals surface area (Å²) in [6.07, 6.45) is 1.64. The monoisotopic (exact) mass is 302 g/mol. The molecule has 4 nitrogen and oxygen atoms in total. The molecule has 0 atom stereocenters. The van der Waals surface area contributed by atoms with E-state index in [2.05, 4.69) is 38.8 Å². The second kappa shape index (κ2) is 5.90. The summed E-state index contributed by atoms with van der Waals surface area (Å²) in [6.45, 7) is 8.00. The molecule has 0 bridgehead atoms. The summed E-state index contributed by atoms with van der Waals surface area (Å²) in [5.74, 6) is 1.02. The summed E-state index contributed by atoms with van der Waals surface area (Å²) in [5.41, 5.74) is 3.51. The molecule has 0 saturated carbocycles. The third-order valence-electron chi connectivity index (χ3n) is 3.90. The predicted molar refractivity (Wildman–Crippen MR) is 87.4 cm³/mol. The van der Waals surface area contributed by atoms with Crippen molar-refractivity contribution in [1.29, 1.82) is 0 Å². The molecule has 1 aromatic heterocycles. The van der Waals surface area contributed by atoms with Crippen LogP contribution in [0, 0.1) is 13.8 Å². The van der Waals surface area contributed by atoms with E-state index in [0.717, 1.165) is 42.7 Å². The lowest BCUT2D eigenvalue weighted by molar-refractivity contribution is 0.645. The SMILES string of the molecule is Cc1cc(N2CCN(c3cc(Cl)ccc3C)CC2)ncn1. The minimum absolute atomic E-state index is 0.796. The van der Waals surface area contributed by atoms with E-state index < -0.39 is 0 Å². The quantitative estimate of drug-likeness (QED) is 0.853. The van der Waals surface area contributed by atoms with Crippen molar-refractivity contribution < 1.29 is 0 Å². The summed E-state index contributed by atoms with van der Waals surface area (Å²) >= 11 is 6.12. The average Bonchev–Trinajstić information content (AvgIpc) is 2.50. The summed E-state index contributed by atoms with van der Waals surface area (Å²) < 4.78 is 0. The summed E-state index contributed by atoms with van der Waals surface area (Å²) in [7, 11) is 0. The Morgan fingerprint density at radius 3 is 2.38 bits per heavy atom. The van der Waals surface area contributed by atoms with Crippen LogP contribution in [-0.2, 0) is 0 Å². The van der Waals surface area contributed by atoms with Gasteiger partial charge in [-0.05, 0) is 31.5 Å². The van der Waals surface area contributed by atoms with E-state index in [9.17, 15) is 0 Å². The number of piperazine rings is 1. The molecule has 5 heteroatoms. The van der Waals surface area contributed by atoms with Gasteiger partial charge in [0, 0.05) is 48.6 Å². The number of rotatable bonds is 2. The van der Waals surface area contributed by atoms with Crippen molar-refractivity contribution in [3.05, 3.63) is 46.9 Å². The molecule has 3 rings (SSSR count). The first-order chi connectivity index (χ1) is 10.1. The predicted octanol–water partition coefficient (Wildman–Crippen LogP) is 3.07. The Bertz CT molecular complexity index is 636. The zero-order chi connectivity index (χ0) is 14.8. The zero-order valence-electron chi connectivity index (χ0n) is 12.4. The van der Waals surface area contributed by atoms with E-state index in [1.165, 1.54) is 11.3 Å². The van der Waals surface area contributed by atoms with E-state index in [4.69, 9.17) is 11.6 Å². The fourth-order valence-electron chi connectivity index (χ4n) is 2.71. The van der Waals surface area contributed by atoms with Crippen LogP contribution in [0.2, 0.25) is 5.02 Å². The first kappa shape index (κ1) is 14.1. The number of anilines is 2. The highest BCUT2D eigenvalue weighted by atomic mass is 35.5. The lowest BCUT2D eigenvalue weighted by atomic mass is 10.1. The van der Waals surface area contributed by atoms with Crippen LogP contribution in [0.25, 0.3) is 0 Å². The first-order valence-electron chi connectivity index (χ1n) is 7.18. The van der Waals surface area contributed by atoms with Crippen LogP contribution >= 0.6 is 11.6 Å². The van der Waals surface area contributed by atoms with Crippen LogP contribution in [0.3, 0.4) is 0 Å². The number of hydrogen-bond donors (Lipinski definition) is 0. The molecule has 1 saturated heterocycles. The molecule has 110 valence electrons. The highest BCUT2D eigenvalue weighted by Gasteiger charge is 2.19. The smallest absolute Gasteiger partial charge is 0.132 e. The van der Waals surface area contributed by atoms with Crippen LogP contribution < -0.4 is 9.80 Å². The summed E-state index contributed by atoms with van der Waals surface area (Å²) in [4.78, 5) is 13.2. The van der Waals surface area contributed by atoms with E-state index in [0.29, 0.717) is 0 Å². The van der Waals surface area contributed by atoms with E-state index in [-0.39, 0.29) is 0 Å². The lowest BCUT2D eigenvalue weighted by Gasteiger charge is -2.37. The second-order valence-corrected chi connectivity index (χ2v) is 5.86. The Balaban J connectivity index is 1.72. The first-order valence-corrected chi connectivity index (χ1v) is 7.56. The molecule has 0 aliphatic carbocycles. The highest BCUT2D eigenvalue weighted by molar-refractivity contribution is 6.30. The zero-order valence-corrected chi connectivity index (χ0v) is 13.1. The number of benzene rings is 1. The Morgan fingerprint density at radius 1 is 0.952 bits per heavy atom. The Labute approximate surface area is 130 Å². The van der Waals surface area contributed by atoms with Gasteiger partial charge in [-0.3, -0.25) is 0 Å². The van der Waals surface area contributed by atoms with Gasteiger partial charge < -0.3 is 9.80 Å². The van der Waals surface area contributed by atoms with Crippen molar-refractivity contribution in [1.82, 2.24) is 9.97 Å². The molecule has 1 aromatic carbocycles. The minimum atomic E-state index is 0.796. The van der Waals surface area contributed by atoms with Gasteiger partial charge in [0.2, 0.25) is 0 Å². The molecule has 0 spiro atoms. The Hall–Kier alpha value is -1.81. The Kier molecular flexibility index (Phi) is 3.97. The van der Waals surface area contributed by atoms with Gasteiger partial charge in [-0.15, -0.1) is 0 Å². The molecule has 1 fully saturated rings. The van der Waals surface area contributed by atoms with Crippen LogP contribution in [0.15, 0.2) is 30.6 Å². The fraction of sp³-hybridized carbons (Fsp3) is 0.375. The number of nitrogens with zero attached hydrogens (tertiary/aromatic N) is 4. The molecule has 0 unspecified atom stereocenters. The number of aromatic nitrogens is 2. The molecule has 21 heavy (non-hydrogen) atoms. The van der Waals surface area contributed by atoms with Crippen LogP contribution in [0.4, 0.5) is 11.5 Å². The molecule has 2 heterocycles. The van der Waals surface area contributed by atoms with Gasteiger partial charge in [-0.2, -0.15) is 0 Å². The number of hydrogen-bond acceptors (Lipinski definition) is 4. The number of halogens is 1. The van der Waals surface area contributed by atoms with Gasteiger partial charge in [0.1, 0.15) is 12.1 Å². The third-order valence-corrected chi connectivity index (χ3v) is 4.14. The standard InChI is InChI=1S/C16H19ClN4/c1-12-3-4-14(17)10-15(12)20-5-7-21(8-6-20)16-9-13(2)18-11-19-16/h3-4,9-11H,5-8H2,1-2H3. The molecule has 1 aliphatic heterocycles. The largest absolute Gasteiger partial charge is 0.368 e. The third kappa shape index (κ3) is 3.10. The van der Waals surface area contributed by atoms with Gasteiger partial charge in [0.05, 0.1) is 0 Å². The highest BCUT2D eigenvalue weighted by Crippen LogP contribution is 2.26. The van der Waals surface area contributed by atoms with Gasteiger partial charge >= 0.3 is 0 Å². The summed E-state index contributed by atoms with van der Waals surface area (Å²) in [5, 5.41) is 0.796.